The first-order valence-corrected chi connectivity index (χ1v) is 11.9. The van der Waals surface area contributed by atoms with Gasteiger partial charge in [0.15, 0.2) is 0 Å². The van der Waals surface area contributed by atoms with Crippen molar-refractivity contribution in [2.75, 3.05) is 0 Å². The van der Waals surface area contributed by atoms with E-state index in [9.17, 15) is 9.60 Å². The fraction of sp³-hybridized carbons (Fsp3) is 0.0256. The molecule has 0 atom stereocenters. The maximum atomic E-state index is 9.66. The van der Waals surface area contributed by atoms with Gasteiger partial charge in [0.1, 0.15) is 11.2 Å². The molecule has 188 valence electrons. The topological polar surface area (TPSA) is 13.1 Å². The van der Waals surface area contributed by atoms with Crippen LogP contribution in [-0.4, -0.2) is 0 Å². The van der Waals surface area contributed by atoms with Crippen molar-refractivity contribution < 1.29 is 35.9 Å². The van der Waals surface area contributed by atoms with E-state index in [0.29, 0.717) is 0 Å². The molecule has 1 heterocycles. The zero-order chi connectivity index (χ0) is 46.6. The molecule has 8 aromatic rings. The second kappa shape index (κ2) is 8.97. The van der Waals surface area contributed by atoms with Crippen LogP contribution in [0.5, 0.6) is 0 Å². The van der Waals surface area contributed by atoms with Gasteiger partial charge in [-0.15, -0.1) is 0 Å². The van der Waals surface area contributed by atoms with Crippen LogP contribution in [0.1, 0.15) is 37.1 Å². The number of hydrogen-bond acceptors (Lipinski definition) is 1. The summed E-state index contributed by atoms with van der Waals surface area (Å²) >= 11 is 0. The van der Waals surface area contributed by atoms with Gasteiger partial charge in [0.2, 0.25) is 0 Å². The molecule has 0 aliphatic heterocycles. The fourth-order valence-electron chi connectivity index (χ4n) is 4.78. The van der Waals surface area contributed by atoms with Crippen molar-refractivity contribution in [1.29, 1.82) is 0 Å². The highest BCUT2D eigenvalue weighted by molar-refractivity contribution is 6.22. The Kier molecular flexibility index (Phi) is 2.13. The summed E-state index contributed by atoms with van der Waals surface area (Å²) in [7, 11) is 0. The Morgan fingerprint density at radius 1 is 0.450 bits per heavy atom. The normalized spacial score (nSPS) is 19.7. The van der Waals surface area contributed by atoms with E-state index in [1.54, 1.807) is 0 Å². The van der Waals surface area contributed by atoms with Gasteiger partial charge in [-0.1, -0.05) is 132 Å². The molecule has 0 aliphatic rings. The summed E-state index contributed by atoms with van der Waals surface area (Å²) in [5.74, 6) is 0. The molecule has 0 N–H and O–H groups in total. The smallest absolute Gasteiger partial charge is 0.143 e. The molecule has 0 aliphatic carbocycles. The Morgan fingerprint density at radius 2 is 1.05 bits per heavy atom. The largest absolute Gasteiger partial charge is 0.455 e. The van der Waals surface area contributed by atoms with Gasteiger partial charge in [-0.3, -0.25) is 0 Å². The quantitative estimate of drug-likeness (QED) is 0.206. The minimum Gasteiger partial charge on any atom is -0.455 e. The predicted molar refractivity (Wildman–Crippen MR) is 170 cm³/mol. The van der Waals surface area contributed by atoms with Crippen molar-refractivity contribution in [1.82, 2.24) is 0 Å². The Bertz CT molecular complexity index is 3360. The first-order valence-electron chi connectivity index (χ1n) is 23.4. The van der Waals surface area contributed by atoms with E-state index in [0.717, 1.165) is 0 Å². The third-order valence-electron chi connectivity index (χ3n) is 6.44. The van der Waals surface area contributed by atoms with Gasteiger partial charge in [0, 0.05) is 16.3 Å². The Balaban J connectivity index is 1.70. The summed E-state index contributed by atoms with van der Waals surface area (Å²) in [6.07, 6.45) is 0. The lowest BCUT2D eigenvalue weighted by molar-refractivity contribution is 0.670. The molecule has 0 saturated carbocycles. The first kappa shape index (κ1) is 9.50. The predicted octanol–water partition coefficient (Wildman–Crippen LogP) is 11.2. The zero-order valence-corrected chi connectivity index (χ0v) is 20.4. The van der Waals surface area contributed by atoms with E-state index in [1.807, 2.05) is 0 Å². The first-order chi connectivity index (χ1) is 29.3. The SMILES string of the molecule is [2H]c1c([2H])c([2H])c(-c2c([2H])c([2H])c([2H])c3c2oc2c([2H])c(-c4c5c([2H])c([2H])c([2H])c([2H])c5c(-c5c([2H])c([2H])c([2H])c([2H])c5[2H])c5c([2H])c([2H])c(C)c([2H])c45)c([2H])c([2H])c23)c([2H])c1[2H]. The maximum Gasteiger partial charge on any atom is 0.143 e. The number of furan rings is 1. The second-order valence-corrected chi connectivity index (χ2v) is 8.76. The molecule has 1 nitrogen and oxygen atoms in total. The van der Waals surface area contributed by atoms with Crippen LogP contribution in [0.15, 0.2) is 143 Å². The lowest BCUT2D eigenvalue weighted by Gasteiger charge is -2.18. The third kappa shape index (κ3) is 3.48. The summed E-state index contributed by atoms with van der Waals surface area (Å²) in [6.45, 7) is 1.29. The molecule has 1 heteroatoms. The molecule has 1 aromatic heterocycles. The van der Waals surface area contributed by atoms with Crippen molar-refractivity contribution in [2.45, 2.75) is 6.92 Å². The number of fused-ring (bicyclic) bond motifs is 5. The molecule has 0 amide bonds. The lowest BCUT2D eigenvalue weighted by atomic mass is 9.85. The van der Waals surface area contributed by atoms with E-state index in [2.05, 4.69) is 0 Å². The Labute approximate surface area is 265 Å². The molecule has 8 rings (SSSR count). The van der Waals surface area contributed by atoms with E-state index < -0.39 is 216 Å². The van der Waals surface area contributed by atoms with E-state index in [1.165, 1.54) is 6.92 Å². The average Bonchev–Trinajstić information content (AvgIpc) is 3.66. The standard InChI is InChI=1S/C39H26O/c1-25-19-21-33-35(23-25)38(32-16-9-8-15-31(32)37(33)27-13-6-3-7-14-27)28-20-22-30-34-18-10-17-29(26-11-4-2-5-12-26)39(34)40-36(30)24-28/h2-24H,1H3/i2D,3D,4D,5D,6D,7D,8D,9D,10D,11D,12D,13D,14D,15D,16D,17D,18D,19D,20D,21D,22D,23D,24D. The van der Waals surface area contributed by atoms with Gasteiger partial charge >= 0.3 is 0 Å². The van der Waals surface area contributed by atoms with Gasteiger partial charge in [0.05, 0.1) is 31.5 Å². The third-order valence-corrected chi connectivity index (χ3v) is 6.44. The number of rotatable bonds is 3. The van der Waals surface area contributed by atoms with Crippen LogP contribution in [0.2, 0.25) is 0 Å². The van der Waals surface area contributed by atoms with E-state index in [4.69, 9.17) is 26.3 Å². The van der Waals surface area contributed by atoms with Crippen LogP contribution >= 0.6 is 0 Å². The highest BCUT2D eigenvalue weighted by atomic mass is 16.3. The van der Waals surface area contributed by atoms with Crippen LogP contribution in [0.3, 0.4) is 0 Å². The van der Waals surface area contributed by atoms with Gasteiger partial charge in [-0.2, -0.15) is 0 Å². The van der Waals surface area contributed by atoms with Gasteiger partial charge in [-0.25, -0.2) is 0 Å². The molecule has 0 bridgehead atoms. The van der Waals surface area contributed by atoms with Crippen molar-refractivity contribution >= 4 is 43.5 Å². The van der Waals surface area contributed by atoms with Crippen LogP contribution in [0.25, 0.3) is 76.9 Å². The van der Waals surface area contributed by atoms with Crippen molar-refractivity contribution in [3.63, 3.8) is 0 Å². The van der Waals surface area contributed by atoms with E-state index in [-0.39, 0.29) is 5.56 Å². The number of benzene rings is 7. The summed E-state index contributed by atoms with van der Waals surface area (Å²) in [5, 5.41) is -3.04. The highest BCUT2D eigenvalue weighted by Crippen LogP contribution is 2.45. The molecule has 0 radical (unpaired) electrons. The number of para-hydroxylation sites is 1. The lowest BCUT2D eigenvalue weighted by Crippen LogP contribution is -1.91. The van der Waals surface area contributed by atoms with Crippen molar-refractivity contribution in [3.8, 4) is 33.4 Å². The van der Waals surface area contributed by atoms with Crippen molar-refractivity contribution in [3.05, 3.63) is 145 Å². The summed E-state index contributed by atoms with van der Waals surface area (Å²) in [4.78, 5) is 0. The number of hydrogen-bond donors (Lipinski definition) is 0. The van der Waals surface area contributed by atoms with Crippen molar-refractivity contribution in [2.24, 2.45) is 0 Å². The summed E-state index contributed by atoms with van der Waals surface area (Å²) in [6, 6.07) is -18.6. The van der Waals surface area contributed by atoms with Gasteiger partial charge < -0.3 is 4.42 Å². The zero-order valence-electron chi connectivity index (χ0n) is 43.4. The summed E-state index contributed by atoms with van der Waals surface area (Å²) < 4.78 is 209. The molecule has 0 fully saturated rings. The van der Waals surface area contributed by atoms with Crippen LogP contribution in [-0.2, 0) is 0 Å². The fourth-order valence-corrected chi connectivity index (χ4v) is 4.78. The molecule has 7 aromatic carbocycles. The minimum absolute atomic E-state index is 0.178. The van der Waals surface area contributed by atoms with Gasteiger partial charge in [-0.05, 0) is 68.4 Å². The monoisotopic (exact) mass is 533 g/mol. The second-order valence-electron chi connectivity index (χ2n) is 8.76. The molecular weight excluding hydrogens is 484 g/mol. The summed E-state index contributed by atoms with van der Waals surface area (Å²) in [5.41, 5.74) is -4.91. The average molecular weight is 534 g/mol. The minimum atomic E-state index is -0.885. The molecule has 0 unspecified atom stereocenters. The van der Waals surface area contributed by atoms with E-state index >= 15 is 0 Å². The molecule has 0 saturated heterocycles. The molecule has 0 spiro atoms. The van der Waals surface area contributed by atoms with Crippen LogP contribution in [0.4, 0.5) is 0 Å². The molecule has 40 heavy (non-hydrogen) atoms. The Hall–Kier alpha value is -5.14. The van der Waals surface area contributed by atoms with Crippen LogP contribution < -0.4 is 0 Å². The van der Waals surface area contributed by atoms with Crippen LogP contribution in [0, 0.1) is 6.92 Å². The maximum absolute atomic E-state index is 9.66. The Morgan fingerprint density at radius 3 is 1.80 bits per heavy atom. The molecular formula is C39H26O. The highest BCUT2D eigenvalue weighted by Gasteiger charge is 2.18. The van der Waals surface area contributed by atoms with Gasteiger partial charge in [0.25, 0.3) is 0 Å².